The van der Waals surface area contributed by atoms with Gasteiger partial charge >= 0.3 is 0 Å². The van der Waals surface area contributed by atoms with E-state index in [4.69, 9.17) is 5.73 Å². The number of rotatable bonds is 4. The summed E-state index contributed by atoms with van der Waals surface area (Å²) in [5.74, 6) is 1.65. The van der Waals surface area contributed by atoms with Gasteiger partial charge in [0.2, 0.25) is 0 Å². The molecule has 18 heavy (non-hydrogen) atoms. The van der Waals surface area contributed by atoms with Gasteiger partial charge in [-0.15, -0.1) is 0 Å². The van der Waals surface area contributed by atoms with E-state index in [1.165, 1.54) is 19.3 Å². The Morgan fingerprint density at radius 3 is 3.06 bits per heavy atom. The van der Waals surface area contributed by atoms with Crippen molar-refractivity contribution in [3.05, 3.63) is 30.1 Å². The Hall–Kier alpha value is -1.39. The second-order valence-corrected chi connectivity index (χ2v) is 5.11. The quantitative estimate of drug-likeness (QED) is 0.768. The molecule has 0 amide bonds. The maximum atomic E-state index is 5.79. The number of fused-ring (bicyclic) bond motifs is 1. The lowest BCUT2D eigenvalue weighted by Gasteiger charge is -2.18. The van der Waals surface area contributed by atoms with Gasteiger partial charge < -0.3 is 16.0 Å². The number of nitrogens with zero attached hydrogens (tertiary/aromatic N) is 1. The number of para-hydroxylation sites is 2. The van der Waals surface area contributed by atoms with Gasteiger partial charge in [0.15, 0.2) is 0 Å². The van der Waals surface area contributed by atoms with Crippen LogP contribution in [0.2, 0.25) is 0 Å². The highest BCUT2D eigenvalue weighted by atomic mass is 15.0. The molecule has 4 heteroatoms. The minimum atomic E-state index is 0.559. The molecule has 1 aromatic carbocycles. The second kappa shape index (κ2) is 5.08. The van der Waals surface area contributed by atoms with Crippen molar-refractivity contribution in [1.82, 2.24) is 15.3 Å². The summed E-state index contributed by atoms with van der Waals surface area (Å²) in [5, 5.41) is 3.59. The van der Waals surface area contributed by atoms with E-state index in [0.29, 0.717) is 12.0 Å². The Morgan fingerprint density at radius 1 is 1.33 bits per heavy atom. The lowest BCUT2D eigenvalue weighted by Crippen LogP contribution is -2.35. The first-order valence-corrected chi connectivity index (χ1v) is 6.74. The van der Waals surface area contributed by atoms with Crippen LogP contribution in [0.4, 0.5) is 0 Å². The SMILES string of the molecule is NCC1CCCC1NCc1nc2ccccc2[nH]1. The third-order valence-electron chi connectivity index (χ3n) is 3.93. The van der Waals surface area contributed by atoms with Gasteiger partial charge in [-0.05, 0) is 37.4 Å². The van der Waals surface area contributed by atoms with E-state index in [2.05, 4.69) is 21.4 Å². The molecule has 2 atom stereocenters. The van der Waals surface area contributed by atoms with E-state index in [0.717, 1.165) is 29.9 Å². The Labute approximate surface area is 107 Å². The van der Waals surface area contributed by atoms with Crippen molar-refractivity contribution >= 4 is 11.0 Å². The number of aromatic amines is 1. The van der Waals surface area contributed by atoms with Crippen LogP contribution in [-0.4, -0.2) is 22.6 Å². The number of hydrogen-bond donors (Lipinski definition) is 3. The second-order valence-electron chi connectivity index (χ2n) is 5.11. The van der Waals surface area contributed by atoms with Crippen LogP contribution in [0.25, 0.3) is 11.0 Å². The molecule has 1 saturated carbocycles. The first-order valence-electron chi connectivity index (χ1n) is 6.74. The fourth-order valence-electron chi connectivity index (χ4n) is 2.90. The van der Waals surface area contributed by atoms with Gasteiger partial charge in [-0.2, -0.15) is 0 Å². The first-order chi connectivity index (χ1) is 8.86. The molecule has 1 heterocycles. The summed E-state index contributed by atoms with van der Waals surface area (Å²) in [7, 11) is 0. The van der Waals surface area contributed by atoms with Crippen LogP contribution < -0.4 is 11.1 Å². The van der Waals surface area contributed by atoms with E-state index in [1.54, 1.807) is 0 Å². The molecule has 0 spiro atoms. The number of H-pyrrole nitrogens is 1. The summed E-state index contributed by atoms with van der Waals surface area (Å²) in [6.07, 6.45) is 3.79. The summed E-state index contributed by atoms with van der Waals surface area (Å²) in [4.78, 5) is 7.92. The zero-order valence-electron chi connectivity index (χ0n) is 10.5. The third kappa shape index (κ3) is 2.26. The molecule has 1 aromatic heterocycles. The molecule has 1 fully saturated rings. The summed E-state index contributed by atoms with van der Waals surface area (Å²) in [6.45, 7) is 1.59. The summed E-state index contributed by atoms with van der Waals surface area (Å²) in [5.41, 5.74) is 7.94. The fourth-order valence-corrected chi connectivity index (χ4v) is 2.90. The largest absolute Gasteiger partial charge is 0.341 e. The van der Waals surface area contributed by atoms with Gasteiger partial charge in [-0.3, -0.25) is 0 Å². The molecule has 0 radical (unpaired) electrons. The third-order valence-corrected chi connectivity index (χ3v) is 3.93. The van der Waals surface area contributed by atoms with E-state index in [-0.39, 0.29) is 0 Å². The van der Waals surface area contributed by atoms with Gasteiger partial charge in [0.1, 0.15) is 5.82 Å². The van der Waals surface area contributed by atoms with E-state index >= 15 is 0 Å². The highest BCUT2D eigenvalue weighted by Gasteiger charge is 2.25. The monoisotopic (exact) mass is 244 g/mol. The predicted molar refractivity (Wildman–Crippen MR) is 73.1 cm³/mol. The number of nitrogens with two attached hydrogens (primary N) is 1. The van der Waals surface area contributed by atoms with Crippen LogP contribution in [-0.2, 0) is 6.54 Å². The van der Waals surface area contributed by atoms with Crippen LogP contribution in [0.3, 0.4) is 0 Å². The summed E-state index contributed by atoms with van der Waals surface area (Å²) < 4.78 is 0. The average Bonchev–Trinajstić information content (AvgIpc) is 3.01. The van der Waals surface area contributed by atoms with Crippen molar-refractivity contribution in [2.75, 3.05) is 6.54 Å². The molecular weight excluding hydrogens is 224 g/mol. The summed E-state index contributed by atoms with van der Waals surface area (Å²) >= 11 is 0. The first kappa shape index (κ1) is 11.7. The molecule has 0 aliphatic heterocycles. The van der Waals surface area contributed by atoms with Gasteiger partial charge in [-0.25, -0.2) is 4.98 Å². The Morgan fingerprint density at radius 2 is 2.22 bits per heavy atom. The number of nitrogens with one attached hydrogen (secondary N) is 2. The minimum Gasteiger partial charge on any atom is -0.341 e. The zero-order valence-corrected chi connectivity index (χ0v) is 10.5. The molecule has 4 N–H and O–H groups in total. The normalized spacial score (nSPS) is 23.8. The van der Waals surface area contributed by atoms with E-state index in [1.807, 2.05) is 18.2 Å². The van der Waals surface area contributed by atoms with Crippen LogP contribution >= 0.6 is 0 Å². The molecule has 0 bridgehead atoms. The van der Waals surface area contributed by atoms with Crippen molar-refractivity contribution in [3.63, 3.8) is 0 Å². The van der Waals surface area contributed by atoms with Crippen LogP contribution in [0, 0.1) is 5.92 Å². The fraction of sp³-hybridized carbons (Fsp3) is 0.500. The van der Waals surface area contributed by atoms with Gasteiger partial charge in [0, 0.05) is 6.04 Å². The number of aromatic nitrogens is 2. The number of benzene rings is 1. The number of hydrogen-bond acceptors (Lipinski definition) is 3. The van der Waals surface area contributed by atoms with Crippen molar-refractivity contribution in [2.24, 2.45) is 11.7 Å². The van der Waals surface area contributed by atoms with Crippen LogP contribution in [0.1, 0.15) is 25.1 Å². The average molecular weight is 244 g/mol. The highest BCUT2D eigenvalue weighted by molar-refractivity contribution is 5.74. The predicted octanol–water partition coefficient (Wildman–Crippen LogP) is 1.78. The molecule has 2 unspecified atom stereocenters. The minimum absolute atomic E-state index is 0.559. The van der Waals surface area contributed by atoms with Gasteiger partial charge in [-0.1, -0.05) is 18.6 Å². The number of imidazole rings is 1. The topological polar surface area (TPSA) is 66.7 Å². The molecule has 3 rings (SSSR count). The van der Waals surface area contributed by atoms with Gasteiger partial charge in [0.05, 0.1) is 17.6 Å². The summed E-state index contributed by atoms with van der Waals surface area (Å²) in [6, 6.07) is 8.70. The maximum absolute atomic E-state index is 5.79. The van der Waals surface area contributed by atoms with Crippen molar-refractivity contribution < 1.29 is 0 Å². The molecule has 0 saturated heterocycles. The molecule has 1 aliphatic rings. The van der Waals surface area contributed by atoms with E-state index < -0.39 is 0 Å². The van der Waals surface area contributed by atoms with Crippen molar-refractivity contribution in [2.45, 2.75) is 31.8 Å². The molecule has 96 valence electrons. The standard InChI is InChI=1S/C14H20N4/c15-8-10-4-3-7-11(10)16-9-14-17-12-5-1-2-6-13(12)18-14/h1-2,5-6,10-11,16H,3-4,7-9,15H2,(H,17,18). The lowest BCUT2D eigenvalue weighted by molar-refractivity contribution is 0.403. The van der Waals surface area contributed by atoms with E-state index in [9.17, 15) is 0 Å². The van der Waals surface area contributed by atoms with Crippen molar-refractivity contribution in [1.29, 1.82) is 0 Å². The lowest BCUT2D eigenvalue weighted by atomic mass is 10.0. The highest BCUT2D eigenvalue weighted by Crippen LogP contribution is 2.24. The maximum Gasteiger partial charge on any atom is 0.121 e. The Balaban J connectivity index is 1.66. The molecule has 4 nitrogen and oxygen atoms in total. The molecular formula is C14H20N4. The Bertz CT molecular complexity index is 486. The smallest absolute Gasteiger partial charge is 0.121 e. The van der Waals surface area contributed by atoms with Gasteiger partial charge in [0.25, 0.3) is 0 Å². The Kier molecular flexibility index (Phi) is 3.30. The van der Waals surface area contributed by atoms with Crippen molar-refractivity contribution in [3.8, 4) is 0 Å². The molecule has 1 aliphatic carbocycles. The van der Waals surface area contributed by atoms with Crippen LogP contribution in [0.5, 0.6) is 0 Å². The van der Waals surface area contributed by atoms with Crippen LogP contribution in [0.15, 0.2) is 24.3 Å². The molecule has 2 aromatic rings. The zero-order chi connectivity index (χ0) is 12.4.